The number of nitrogens with zero attached hydrogens (tertiary/aromatic N) is 4. The molecule has 1 aliphatic heterocycles. The largest absolute Gasteiger partial charge is 0.298 e. The molecule has 0 saturated carbocycles. The SMILES string of the molecule is Cc1cc(C)cc(-c2c3ccc(N(c4ccccc4)c4nc5ccccc5s4)cc3c(-c3cc(C)cc(C)c3)c3ccc(N(C4=Nc5ccccc5C4)c4ccccc4)cc23)c1. The summed E-state index contributed by atoms with van der Waals surface area (Å²) in [5.74, 6) is 1.01. The van der Waals surface area contributed by atoms with Crippen LogP contribution < -0.4 is 9.80 Å². The number of thiazole rings is 1. The Morgan fingerprint density at radius 3 is 1.50 bits per heavy atom. The van der Waals surface area contributed by atoms with E-state index in [-0.39, 0.29) is 0 Å². The molecule has 0 bridgehead atoms. The summed E-state index contributed by atoms with van der Waals surface area (Å²) in [6.45, 7) is 8.82. The normalized spacial score (nSPS) is 12.2. The highest BCUT2D eigenvalue weighted by molar-refractivity contribution is 7.22. The van der Waals surface area contributed by atoms with Crippen LogP contribution in [-0.4, -0.2) is 10.8 Å². The van der Waals surface area contributed by atoms with Crippen LogP contribution in [0.4, 0.5) is 33.6 Å². The molecule has 10 aromatic rings. The van der Waals surface area contributed by atoms with Gasteiger partial charge in [0.2, 0.25) is 0 Å². The fraction of sp³-hybridized carbons (Fsp3) is 0.0877. The quantitative estimate of drug-likeness (QED) is 0.150. The van der Waals surface area contributed by atoms with E-state index in [9.17, 15) is 0 Å². The van der Waals surface area contributed by atoms with Gasteiger partial charge in [-0.3, -0.25) is 9.80 Å². The zero-order valence-electron chi connectivity index (χ0n) is 35.2. The second-order valence-corrected chi connectivity index (χ2v) is 17.6. The zero-order valence-corrected chi connectivity index (χ0v) is 36.0. The van der Waals surface area contributed by atoms with Crippen LogP contribution in [0.2, 0.25) is 0 Å². The number of aliphatic imine (C=N–C) groups is 1. The fourth-order valence-electron chi connectivity index (χ4n) is 9.52. The lowest BCUT2D eigenvalue weighted by Gasteiger charge is -2.27. The number of benzene rings is 9. The van der Waals surface area contributed by atoms with Gasteiger partial charge >= 0.3 is 0 Å². The first-order chi connectivity index (χ1) is 30.3. The maximum atomic E-state index is 5.25. The average Bonchev–Trinajstić information content (AvgIpc) is 3.90. The highest BCUT2D eigenvalue weighted by Gasteiger charge is 2.26. The summed E-state index contributed by atoms with van der Waals surface area (Å²) >= 11 is 1.72. The minimum atomic E-state index is 0.758. The predicted molar refractivity (Wildman–Crippen MR) is 265 cm³/mol. The van der Waals surface area contributed by atoms with E-state index in [0.717, 1.165) is 56.0 Å². The molecular formula is C57H44N4S. The number of rotatable bonds is 7. The molecule has 9 aromatic carbocycles. The van der Waals surface area contributed by atoms with E-state index < -0.39 is 0 Å². The number of hydrogen-bond acceptors (Lipinski definition) is 5. The van der Waals surface area contributed by atoms with Crippen molar-refractivity contribution in [3.63, 3.8) is 0 Å². The molecule has 0 N–H and O–H groups in total. The number of aromatic nitrogens is 1. The third-order valence-corrected chi connectivity index (χ3v) is 13.0. The highest BCUT2D eigenvalue weighted by Crippen LogP contribution is 2.49. The summed E-state index contributed by atoms with van der Waals surface area (Å²) in [4.78, 5) is 15.1. The summed E-state index contributed by atoms with van der Waals surface area (Å²) in [6.07, 6.45) is 0.758. The van der Waals surface area contributed by atoms with Crippen LogP contribution in [0.5, 0.6) is 0 Å². The molecule has 1 aliphatic rings. The molecule has 0 amide bonds. The van der Waals surface area contributed by atoms with Gasteiger partial charge in [0.1, 0.15) is 5.84 Å². The lowest BCUT2D eigenvalue weighted by atomic mass is 9.84. The maximum Gasteiger partial charge on any atom is 0.195 e. The molecule has 11 rings (SSSR count). The lowest BCUT2D eigenvalue weighted by Crippen LogP contribution is -2.25. The van der Waals surface area contributed by atoms with Gasteiger partial charge in [-0.1, -0.05) is 149 Å². The van der Waals surface area contributed by atoms with E-state index in [1.165, 1.54) is 71.6 Å². The third kappa shape index (κ3) is 6.72. The predicted octanol–water partition coefficient (Wildman–Crippen LogP) is 16.1. The van der Waals surface area contributed by atoms with E-state index in [4.69, 9.17) is 9.98 Å². The number of para-hydroxylation sites is 4. The van der Waals surface area contributed by atoms with Crippen molar-refractivity contribution >= 4 is 82.5 Å². The van der Waals surface area contributed by atoms with Gasteiger partial charge in [-0.25, -0.2) is 9.98 Å². The molecule has 0 atom stereocenters. The van der Waals surface area contributed by atoms with E-state index in [2.05, 4.69) is 219 Å². The summed E-state index contributed by atoms with van der Waals surface area (Å²) in [5, 5.41) is 5.73. The molecule has 62 heavy (non-hydrogen) atoms. The molecule has 298 valence electrons. The Morgan fingerprint density at radius 1 is 0.435 bits per heavy atom. The van der Waals surface area contributed by atoms with Crippen LogP contribution in [0.25, 0.3) is 54.0 Å². The Labute approximate surface area is 366 Å². The van der Waals surface area contributed by atoms with E-state index in [0.29, 0.717) is 0 Å². The Bertz CT molecular complexity index is 3310. The number of hydrogen-bond donors (Lipinski definition) is 0. The van der Waals surface area contributed by atoms with Gasteiger partial charge in [0.15, 0.2) is 5.13 Å². The van der Waals surface area contributed by atoms with Crippen LogP contribution in [-0.2, 0) is 6.42 Å². The van der Waals surface area contributed by atoms with Gasteiger partial charge in [-0.2, -0.15) is 0 Å². The fourth-order valence-corrected chi connectivity index (χ4v) is 10.5. The van der Waals surface area contributed by atoms with Gasteiger partial charge < -0.3 is 0 Å². The number of anilines is 5. The van der Waals surface area contributed by atoms with E-state index in [1.807, 2.05) is 0 Å². The van der Waals surface area contributed by atoms with Crippen molar-refractivity contribution in [3.05, 3.63) is 210 Å². The molecule has 0 radical (unpaired) electrons. The summed E-state index contributed by atoms with van der Waals surface area (Å²) in [6, 6.07) is 66.3. The molecule has 0 aliphatic carbocycles. The van der Waals surface area contributed by atoms with Crippen LogP contribution in [0, 0.1) is 27.7 Å². The van der Waals surface area contributed by atoms with Gasteiger partial charge in [0.25, 0.3) is 0 Å². The second-order valence-electron chi connectivity index (χ2n) is 16.6. The molecule has 0 spiro atoms. The van der Waals surface area contributed by atoms with Crippen molar-refractivity contribution < 1.29 is 0 Å². The summed E-state index contributed by atoms with van der Waals surface area (Å²) in [5.41, 5.74) is 17.4. The summed E-state index contributed by atoms with van der Waals surface area (Å²) in [7, 11) is 0. The van der Waals surface area contributed by atoms with Crippen LogP contribution in [0.3, 0.4) is 0 Å². The van der Waals surface area contributed by atoms with Gasteiger partial charge in [-0.05, 0) is 144 Å². The topological polar surface area (TPSA) is 31.7 Å². The molecule has 4 nitrogen and oxygen atoms in total. The highest BCUT2D eigenvalue weighted by atomic mass is 32.1. The van der Waals surface area contributed by atoms with Crippen LogP contribution in [0.15, 0.2) is 187 Å². The maximum absolute atomic E-state index is 5.25. The van der Waals surface area contributed by atoms with Crippen molar-refractivity contribution in [2.24, 2.45) is 4.99 Å². The molecule has 0 unspecified atom stereocenters. The van der Waals surface area contributed by atoms with Crippen LogP contribution >= 0.6 is 11.3 Å². The molecule has 5 heteroatoms. The number of amidine groups is 1. The first-order valence-corrected chi connectivity index (χ1v) is 22.1. The second kappa shape index (κ2) is 15.3. The molecule has 2 heterocycles. The summed E-state index contributed by atoms with van der Waals surface area (Å²) < 4.78 is 1.16. The average molecular weight is 817 g/mol. The minimum absolute atomic E-state index is 0.758. The Balaban J connectivity index is 1.23. The third-order valence-electron chi connectivity index (χ3n) is 12.0. The Hall–Kier alpha value is -7.34. The molecule has 0 fully saturated rings. The van der Waals surface area contributed by atoms with Crippen LogP contribution in [0.1, 0.15) is 27.8 Å². The number of aryl methyl sites for hydroxylation is 4. The monoisotopic (exact) mass is 816 g/mol. The van der Waals surface area contributed by atoms with Gasteiger partial charge in [-0.15, -0.1) is 0 Å². The smallest absolute Gasteiger partial charge is 0.195 e. The van der Waals surface area contributed by atoms with Crippen molar-refractivity contribution in [3.8, 4) is 22.3 Å². The van der Waals surface area contributed by atoms with Crippen molar-refractivity contribution in [2.75, 3.05) is 9.80 Å². The molecule has 0 saturated heterocycles. The van der Waals surface area contributed by atoms with E-state index >= 15 is 0 Å². The zero-order chi connectivity index (χ0) is 41.9. The van der Waals surface area contributed by atoms with Gasteiger partial charge in [0.05, 0.1) is 15.9 Å². The lowest BCUT2D eigenvalue weighted by molar-refractivity contribution is 1.25. The minimum Gasteiger partial charge on any atom is -0.298 e. The first kappa shape index (κ1) is 37.6. The first-order valence-electron chi connectivity index (χ1n) is 21.3. The number of fused-ring (bicyclic) bond motifs is 4. The van der Waals surface area contributed by atoms with Crippen molar-refractivity contribution in [1.29, 1.82) is 0 Å². The Morgan fingerprint density at radius 2 is 0.935 bits per heavy atom. The van der Waals surface area contributed by atoms with E-state index in [1.54, 1.807) is 11.3 Å². The van der Waals surface area contributed by atoms with Crippen molar-refractivity contribution in [1.82, 2.24) is 4.98 Å². The van der Waals surface area contributed by atoms with Gasteiger partial charge in [0, 0.05) is 29.2 Å². The molecule has 1 aromatic heterocycles. The van der Waals surface area contributed by atoms with Crippen molar-refractivity contribution in [2.45, 2.75) is 34.1 Å². The standard InChI is InChI=1S/C57H44N4S/c1-36-27-37(2)30-41(29-36)55-48-26-24-46(61(44-18-9-6-10-19-44)57-59-52-21-13-14-22-53(52)62-57)35-50(48)56(42-31-38(3)28-39(4)32-42)47-25-23-45(34-49(47)55)60(43-16-7-5-8-17-43)54-33-40-15-11-12-20-51(40)58-54/h5-32,34-35H,33H2,1-4H3. The Kier molecular flexibility index (Phi) is 9.28. The molecular weight excluding hydrogens is 773 g/mol.